The van der Waals surface area contributed by atoms with E-state index < -0.39 is 0 Å². The van der Waals surface area contributed by atoms with Crippen molar-refractivity contribution in [3.05, 3.63) is 0 Å². The lowest BCUT2D eigenvalue weighted by Gasteiger charge is -2.15. The normalized spacial score (nSPS) is 16.2. The molecule has 1 saturated carbocycles. The lowest BCUT2D eigenvalue weighted by molar-refractivity contribution is 0.240. The van der Waals surface area contributed by atoms with Crippen LogP contribution >= 0.6 is 0 Å². The molecule has 0 atom stereocenters. The maximum Gasteiger partial charge on any atom is 0.314 e. The first-order valence-corrected chi connectivity index (χ1v) is 4.40. The van der Waals surface area contributed by atoms with E-state index in [9.17, 15) is 4.79 Å². The second kappa shape index (κ2) is 4.30. The first-order valence-electron chi connectivity index (χ1n) is 4.40. The predicted octanol–water partition coefficient (Wildman–Crippen LogP) is 0.00960. The smallest absolute Gasteiger partial charge is 0.314 e. The Kier molecular flexibility index (Phi) is 3.34. The molecule has 4 heteroatoms. The summed E-state index contributed by atoms with van der Waals surface area (Å²) in [5, 5.41) is 5.27. The molecule has 1 rings (SSSR count). The molecular weight excluding hydrogens is 154 g/mol. The zero-order valence-corrected chi connectivity index (χ0v) is 7.76. The standard InChI is InChI=1S/C8H17N3O/c1-9-8(12)10-5-6-11(2)7-3-4-7/h7H,3-6H2,1-2H3,(H2,9,10,12). The molecule has 2 amide bonds. The highest BCUT2D eigenvalue weighted by atomic mass is 16.2. The number of nitrogens with one attached hydrogen (secondary N) is 2. The number of hydrogen-bond acceptors (Lipinski definition) is 2. The van der Waals surface area contributed by atoms with Crippen molar-refractivity contribution in [1.29, 1.82) is 0 Å². The van der Waals surface area contributed by atoms with Crippen molar-refractivity contribution in [1.82, 2.24) is 15.5 Å². The molecule has 70 valence electrons. The van der Waals surface area contributed by atoms with Crippen molar-refractivity contribution in [3.8, 4) is 0 Å². The lowest BCUT2D eigenvalue weighted by atomic mass is 10.5. The molecule has 1 aliphatic carbocycles. The average molecular weight is 171 g/mol. The van der Waals surface area contributed by atoms with E-state index in [-0.39, 0.29) is 6.03 Å². The van der Waals surface area contributed by atoms with Crippen LogP contribution < -0.4 is 10.6 Å². The Morgan fingerprint density at radius 1 is 1.58 bits per heavy atom. The SMILES string of the molecule is CNC(=O)NCCN(C)C1CC1. The zero-order valence-electron chi connectivity index (χ0n) is 7.76. The second-order valence-corrected chi connectivity index (χ2v) is 3.22. The number of carbonyl (C=O) groups is 1. The molecule has 0 bridgehead atoms. The molecule has 0 saturated heterocycles. The van der Waals surface area contributed by atoms with Crippen molar-refractivity contribution in [3.63, 3.8) is 0 Å². The molecule has 0 unspecified atom stereocenters. The fraction of sp³-hybridized carbons (Fsp3) is 0.875. The van der Waals surface area contributed by atoms with Gasteiger partial charge in [0.15, 0.2) is 0 Å². The van der Waals surface area contributed by atoms with Gasteiger partial charge >= 0.3 is 6.03 Å². The zero-order chi connectivity index (χ0) is 8.97. The topological polar surface area (TPSA) is 44.4 Å². The van der Waals surface area contributed by atoms with Gasteiger partial charge in [-0.2, -0.15) is 0 Å². The fourth-order valence-corrected chi connectivity index (χ4v) is 1.13. The summed E-state index contributed by atoms with van der Waals surface area (Å²) in [5.41, 5.74) is 0. The maximum atomic E-state index is 10.7. The number of likely N-dealkylation sites (N-methyl/N-ethyl adjacent to an activating group) is 1. The maximum absolute atomic E-state index is 10.7. The highest BCUT2D eigenvalue weighted by molar-refractivity contribution is 5.73. The number of hydrogen-bond donors (Lipinski definition) is 2. The highest BCUT2D eigenvalue weighted by Gasteiger charge is 2.25. The lowest BCUT2D eigenvalue weighted by Crippen LogP contribution is -2.38. The van der Waals surface area contributed by atoms with Crippen molar-refractivity contribution < 1.29 is 4.79 Å². The molecule has 1 fully saturated rings. The fourth-order valence-electron chi connectivity index (χ4n) is 1.13. The van der Waals surface area contributed by atoms with Gasteiger partial charge < -0.3 is 15.5 Å². The van der Waals surface area contributed by atoms with Crippen LogP contribution in [0.5, 0.6) is 0 Å². The third kappa shape index (κ3) is 3.09. The molecule has 4 nitrogen and oxygen atoms in total. The molecule has 0 aromatic carbocycles. The van der Waals surface area contributed by atoms with E-state index in [1.807, 2.05) is 0 Å². The summed E-state index contributed by atoms with van der Waals surface area (Å²) in [6, 6.07) is 0.677. The van der Waals surface area contributed by atoms with Crippen molar-refractivity contribution in [2.75, 3.05) is 27.2 Å². The van der Waals surface area contributed by atoms with Crippen molar-refractivity contribution in [2.24, 2.45) is 0 Å². The van der Waals surface area contributed by atoms with Gasteiger partial charge in [-0.3, -0.25) is 0 Å². The summed E-state index contributed by atoms with van der Waals surface area (Å²) in [4.78, 5) is 13.0. The molecule has 0 heterocycles. The van der Waals surface area contributed by atoms with Crippen LogP contribution in [0.15, 0.2) is 0 Å². The van der Waals surface area contributed by atoms with Crippen LogP contribution in [0.2, 0.25) is 0 Å². The van der Waals surface area contributed by atoms with Gasteiger partial charge in [0, 0.05) is 26.2 Å². The van der Waals surface area contributed by atoms with Gasteiger partial charge in [-0.15, -0.1) is 0 Å². The first-order chi connectivity index (χ1) is 5.74. The molecular formula is C8H17N3O. The molecule has 0 spiro atoms. The molecule has 1 aliphatic rings. The molecule has 0 aliphatic heterocycles. The third-order valence-corrected chi connectivity index (χ3v) is 2.15. The summed E-state index contributed by atoms with van der Waals surface area (Å²) < 4.78 is 0. The highest BCUT2D eigenvalue weighted by Crippen LogP contribution is 2.24. The van der Waals surface area contributed by atoms with Crippen LogP contribution in [0.4, 0.5) is 4.79 Å². The summed E-state index contributed by atoms with van der Waals surface area (Å²) in [6.45, 7) is 1.67. The Balaban J connectivity index is 1.97. The predicted molar refractivity (Wildman–Crippen MR) is 48.1 cm³/mol. The Morgan fingerprint density at radius 2 is 2.25 bits per heavy atom. The number of carbonyl (C=O) groups excluding carboxylic acids is 1. The molecule has 12 heavy (non-hydrogen) atoms. The van der Waals surface area contributed by atoms with Crippen LogP contribution in [0.3, 0.4) is 0 Å². The van der Waals surface area contributed by atoms with Crippen LogP contribution in [0, 0.1) is 0 Å². The Hall–Kier alpha value is -0.770. The van der Waals surface area contributed by atoms with E-state index >= 15 is 0 Å². The molecule has 0 aromatic rings. The van der Waals surface area contributed by atoms with Gasteiger partial charge in [-0.1, -0.05) is 0 Å². The molecule has 0 radical (unpaired) electrons. The average Bonchev–Trinajstić information content (AvgIpc) is 2.86. The largest absolute Gasteiger partial charge is 0.341 e. The van der Waals surface area contributed by atoms with E-state index in [1.165, 1.54) is 12.8 Å². The van der Waals surface area contributed by atoms with Gasteiger partial charge in [0.25, 0.3) is 0 Å². The van der Waals surface area contributed by atoms with Crippen LogP contribution in [-0.2, 0) is 0 Å². The van der Waals surface area contributed by atoms with Crippen LogP contribution in [0.1, 0.15) is 12.8 Å². The van der Waals surface area contributed by atoms with Gasteiger partial charge in [-0.05, 0) is 19.9 Å². The van der Waals surface area contributed by atoms with Gasteiger partial charge in [0.05, 0.1) is 0 Å². The number of urea groups is 1. The molecule has 2 N–H and O–H groups in total. The number of amides is 2. The summed E-state index contributed by atoms with van der Waals surface area (Å²) >= 11 is 0. The van der Waals surface area contributed by atoms with Crippen LogP contribution in [0.25, 0.3) is 0 Å². The first kappa shape index (κ1) is 9.32. The molecule has 0 aromatic heterocycles. The summed E-state index contributed by atoms with van der Waals surface area (Å²) in [6.07, 6.45) is 2.63. The monoisotopic (exact) mass is 171 g/mol. The van der Waals surface area contributed by atoms with E-state index in [0.29, 0.717) is 0 Å². The number of rotatable bonds is 4. The second-order valence-electron chi connectivity index (χ2n) is 3.22. The minimum absolute atomic E-state index is 0.0980. The van der Waals surface area contributed by atoms with E-state index in [1.54, 1.807) is 7.05 Å². The Bertz CT molecular complexity index is 156. The number of nitrogens with zero attached hydrogens (tertiary/aromatic N) is 1. The van der Waals surface area contributed by atoms with E-state index in [4.69, 9.17) is 0 Å². The van der Waals surface area contributed by atoms with Gasteiger partial charge in [-0.25, -0.2) is 4.79 Å². The van der Waals surface area contributed by atoms with E-state index in [2.05, 4.69) is 22.6 Å². The Morgan fingerprint density at radius 3 is 2.75 bits per heavy atom. The quantitative estimate of drug-likeness (QED) is 0.626. The van der Waals surface area contributed by atoms with Crippen LogP contribution in [-0.4, -0.2) is 44.2 Å². The summed E-state index contributed by atoms with van der Waals surface area (Å²) in [7, 11) is 3.73. The minimum atomic E-state index is -0.0980. The summed E-state index contributed by atoms with van der Waals surface area (Å²) in [5.74, 6) is 0. The minimum Gasteiger partial charge on any atom is -0.341 e. The van der Waals surface area contributed by atoms with Crippen molar-refractivity contribution in [2.45, 2.75) is 18.9 Å². The van der Waals surface area contributed by atoms with Gasteiger partial charge in [0.1, 0.15) is 0 Å². The van der Waals surface area contributed by atoms with E-state index in [0.717, 1.165) is 19.1 Å². The third-order valence-electron chi connectivity index (χ3n) is 2.15. The van der Waals surface area contributed by atoms with Gasteiger partial charge in [0.2, 0.25) is 0 Å². The van der Waals surface area contributed by atoms with Crippen molar-refractivity contribution >= 4 is 6.03 Å². The Labute approximate surface area is 73.3 Å².